The molecule has 0 bridgehead atoms. The smallest absolute Gasteiger partial charge is 0.355 e. The van der Waals surface area contributed by atoms with E-state index in [0.717, 1.165) is 18.5 Å². The zero-order valence-corrected chi connectivity index (χ0v) is 16.5. The summed E-state index contributed by atoms with van der Waals surface area (Å²) in [5.41, 5.74) is -2.07. The highest BCUT2D eigenvalue weighted by molar-refractivity contribution is 5.94. The van der Waals surface area contributed by atoms with Crippen LogP contribution in [0, 0.1) is 11.6 Å². The van der Waals surface area contributed by atoms with Gasteiger partial charge in [-0.2, -0.15) is 0 Å². The van der Waals surface area contributed by atoms with E-state index < -0.39 is 40.6 Å². The molecule has 0 amide bonds. The van der Waals surface area contributed by atoms with E-state index in [1.165, 1.54) is 14.1 Å². The molecule has 3 aromatic rings. The highest BCUT2D eigenvalue weighted by Gasteiger charge is 2.34. The minimum absolute atomic E-state index is 0.0872. The van der Waals surface area contributed by atoms with Gasteiger partial charge in [-0.15, -0.1) is 5.10 Å². The number of rotatable bonds is 5. The van der Waals surface area contributed by atoms with Gasteiger partial charge in [-0.3, -0.25) is 4.79 Å². The lowest BCUT2D eigenvalue weighted by Gasteiger charge is -2.22. The first-order valence-corrected chi connectivity index (χ1v) is 9.96. The monoisotopic (exact) mass is 445 g/mol. The highest BCUT2D eigenvalue weighted by Crippen LogP contribution is 2.40. The van der Waals surface area contributed by atoms with Crippen LogP contribution in [0.2, 0.25) is 0 Å². The number of anilines is 1. The zero-order chi connectivity index (χ0) is 22.7. The molecule has 10 nitrogen and oxygen atoms in total. The Balaban J connectivity index is 1.61. The molecule has 166 valence electrons. The molecule has 2 aliphatic rings. The number of nitrogens with zero attached hydrogens (tertiary/aromatic N) is 5. The molecule has 0 radical (unpaired) electrons. The molecule has 12 heteroatoms. The van der Waals surface area contributed by atoms with E-state index in [1.807, 2.05) is 0 Å². The quantitative estimate of drug-likeness (QED) is 0.610. The van der Waals surface area contributed by atoms with Crippen LogP contribution in [0.15, 0.2) is 23.3 Å². The van der Waals surface area contributed by atoms with Crippen LogP contribution in [-0.4, -0.2) is 54.8 Å². The first-order valence-electron chi connectivity index (χ1n) is 9.96. The number of hydrogen-bond acceptors (Lipinski definition) is 6. The van der Waals surface area contributed by atoms with Gasteiger partial charge < -0.3 is 19.7 Å². The molecular formula is C20H17F2N5O5. The predicted molar refractivity (Wildman–Crippen MR) is 106 cm³/mol. The number of benzene rings is 1. The van der Waals surface area contributed by atoms with Gasteiger partial charge in [-0.25, -0.2) is 23.1 Å². The molecule has 0 spiro atoms. The fourth-order valence-electron chi connectivity index (χ4n) is 4.33. The SMILES string of the molecule is O=C(O)c1cn(C2CC2)c2c(F)c(N3CCC(n4nncc4C(=O)O)C3)c(F)cc2c1=O. The summed E-state index contributed by atoms with van der Waals surface area (Å²) in [4.78, 5) is 36.9. The molecule has 1 aromatic carbocycles. The molecule has 3 heterocycles. The summed E-state index contributed by atoms with van der Waals surface area (Å²) in [6, 6.07) is 0.258. The van der Waals surface area contributed by atoms with Crippen LogP contribution < -0.4 is 10.3 Å². The molecule has 1 aliphatic heterocycles. The standard InChI is InChI=1S/C20H17F2N5O5/c21-13-5-11-16(26(9-1-2-9)8-12(18(11)28)19(29)30)15(22)17(13)25-4-3-10(7-25)27-14(20(31)32)6-23-24-27/h5-6,8-10H,1-4,7H2,(H,29,30)(H,31,32). The summed E-state index contributed by atoms with van der Waals surface area (Å²) in [5, 5.41) is 25.7. The number of carboxylic acid groups (broad SMARTS) is 2. The number of aromatic carboxylic acids is 2. The number of hydrogen-bond donors (Lipinski definition) is 2. The van der Waals surface area contributed by atoms with Crippen molar-refractivity contribution in [3.05, 3.63) is 51.6 Å². The zero-order valence-electron chi connectivity index (χ0n) is 16.5. The van der Waals surface area contributed by atoms with Crippen molar-refractivity contribution in [2.45, 2.75) is 31.3 Å². The second-order valence-corrected chi connectivity index (χ2v) is 7.99. The Morgan fingerprint density at radius 1 is 1.09 bits per heavy atom. The number of carbonyl (C=O) groups is 2. The van der Waals surface area contributed by atoms with E-state index in [-0.39, 0.29) is 41.4 Å². The maximum absolute atomic E-state index is 15.7. The minimum atomic E-state index is -1.46. The Kier molecular flexibility index (Phi) is 4.46. The van der Waals surface area contributed by atoms with E-state index in [9.17, 15) is 24.6 Å². The lowest BCUT2D eigenvalue weighted by molar-refractivity contribution is 0.0675. The van der Waals surface area contributed by atoms with Crippen LogP contribution in [0.25, 0.3) is 10.9 Å². The van der Waals surface area contributed by atoms with E-state index >= 15 is 8.78 Å². The molecule has 1 atom stereocenters. The molecule has 1 aliphatic carbocycles. The fourth-order valence-corrected chi connectivity index (χ4v) is 4.33. The summed E-state index contributed by atoms with van der Waals surface area (Å²) in [7, 11) is 0. The minimum Gasteiger partial charge on any atom is -0.477 e. The predicted octanol–water partition coefficient (Wildman–Crippen LogP) is 2.05. The third kappa shape index (κ3) is 3.01. The molecule has 1 saturated heterocycles. The van der Waals surface area contributed by atoms with Gasteiger partial charge in [-0.05, 0) is 25.3 Å². The first kappa shape index (κ1) is 20.1. The molecule has 32 heavy (non-hydrogen) atoms. The third-order valence-electron chi connectivity index (χ3n) is 5.97. The topological polar surface area (TPSA) is 131 Å². The Morgan fingerprint density at radius 3 is 2.50 bits per heavy atom. The molecular weight excluding hydrogens is 428 g/mol. The Morgan fingerprint density at radius 2 is 1.84 bits per heavy atom. The van der Waals surface area contributed by atoms with Crippen molar-refractivity contribution in [3.63, 3.8) is 0 Å². The molecule has 2 fully saturated rings. The van der Waals surface area contributed by atoms with Crippen molar-refractivity contribution >= 4 is 28.5 Å². The van der Waals surface area contributed by atoms with Gasteiger partial charge in [0.25, 0.3) is 0 Å². The highest BCUT2D eigenvalue weighted by atomic mass is 19.1. The van der Waals surface area contributed by atoms with Gasteiger partial charge >= 0.3 is 11.9 Å². The van der Waals surface area contributed by atoms with Crippen molar-refractivity contribution in [1.82, 2.24) is 19.6 Å². The molecule has 2 N–H and O–H groups in total. The first-order chi connectivity index (χ1) is 15.3. The van der Waals surface area contributed by atoms with Crippen LogP contribution in [-0.2, 0) is 0 Å². The maximum Gasteiger partial charge on any atom is 0.355 e. The average Bonchev–Trinajstić information content (AvgIpc) is 3.26. The molecule has 2 aromatic heterocycles. The Hall–Kier alpha value is -3.83. The van der Waals surface area contributed by atoms with Crippen LogP contribution >= 0.6 is 0 Å². The van der Waals surface area contributed by atoms with Crippen LogP contribution in [0.3, 0.4) is 0 Å². The fraction of sp³-hybridized carbons (Fsp3) is 0.350. The summed E-state index contributed by atoms with van der Waals surface area (Å²) in [5.74, 6) is -4.60. The van der Waals surface area contributed by atoms with E-state index in [2.05, 4.69) is 10.3 Å². The largest absolute Gasteiger partial charge is 0.477 e. The number of aromatic nitrogens is 4. The summed E-state index contributed by atoms with van der Waals surface area (Å²) >= 11 is 0. The molecule has 1 unspecified atom stereocenters. The van der Waals surface area contributed by atoms with Gasteiger partial charge in [0, 0.05) is 25.3 Å². The van der Waals surface area contributed by atoms with Gasteiger partial charge in [-0.1, -0.05) is 5.21 Å². The average molecular weight is 445 g/mol. The van der Waals surface area contributed by atoms with E-state index in [4.69, 9.17) is 0 Å². The number of halogens is 2. The summed E-state index contributed by atoms with van der Waals surface area (Å²) in [6.07, 6.45) is 4.00. The van der Waals surface area contributed by atoms with Crippen LogP contribution in [0.5, 0.6) is 0 Å². The van der Waals surface area contributed by atoms with Crippen molar-refractivity contribution in [2.75, 3.05) is 18.0 Å². The normalized spacial score (nSPS) is 18.4. The molecule has 1 saturated carbocycles. The Bertz CT molecular complexity index is 1350. The van der Waals surface area contributed by atoms with Gasteiger partial charge in [0.2, 0.25) is 5.43 Å². The number of pyridine rings is 1. The van der Waals surface area contributed by atoms with Crippen molar-refractivity contribution < 1.29 is 28.6 Å². The molecule has 5 rings (SSSR count). The third-order valence-corrected chi connectivity index (χ3v) is 5.97. The number of carboxylic acids is 2. The van der Waals surface area contributed by atoms with Crippen LogP contribution in [0.4, 0.5) is 14.5 Å². The lowest BCUT2D eigenvalue weighted by atomic mass is 10.1. The van der Waals surface area contributed by atoms with Crippen molar-refractivity contribution in [3.8, 4) is 0 Å². The Labute approximate surface area is 178 Å². The van der Waals surface area contributed by atoms with Crippen molar-refractivity contribution in [1.29, 1.82) is 0 Å². The van der Waals surface area contributed by atoms with Gasteiger partial charge in [0.1, 0.15) is 17.1 Å². The summed E-state index contributed by atoms with van der Waals surface area (Å²) in [6.45, 7) is 0.313. The lowest BCUT2D eigenvalue weighted by Crippen LogP contribution is -2.26. The summed E-state index contributed by atoms with van der Waals surface area (Å²) < 4.78 is 33.4. The van der Waals surface area contributed by atoms with E-state index in [1.54, 1.807) is 0 Å². The van der Waals surface area contributed by atoms with Crippen molar-refractivity contribution in [2.24, 2.45) is 0 Å². The second kappa shape index (κ2) is 7.11. The van der Waals surface area contributed by atoms with Gasteiger partial charge in [0.15, 0.2) is 11.5 Å². The van der Waals surface area contributed by atoms with Gasteiger partial charge in [0.05, 0.1) is 23.1 Å². The maximum atomic E-state index is 15.7. The van der Waals surface area contributed by atoms with E-state index in [0.29, 0.717) is 19.3 Å². The van der Waals surface area contributed by atoms with Crippen LogP contribution in [0.1, 0.15) is 52.2 Å². The second-order valence-electron chi connectivity index (χ2n) is 7.99. The number of fused-ring (bicyclic) bond motifs is 1.